The number of urea groups is 1. The van der Waals surface area contributed by atoms with Crippen molar-refractivity contribution in [3.63, 3.8) is 0 Å². The number of H-pyrrole nitrogens is 1. The molecule has 1 aromatic heterocycles. The van der Waals surface area contributed by atoms with Crippen molar-refractivity contribution in [3.8, 4) is 0 Å². The molecule has 0 unspecified atom stereocenters. The molecule has 0 aliphatic carbocycles. The number of guanidine groups is 1. The number of rotatable bonds is 6. The fourth-order valence-electron chi connectivity index (χ4n) is 2.84. The van der Waals surface area contributed by atoms with Crippen LogP contribution >= 0.6 is 24.0 Å². The van der Waals surface area contributed by atoms with Gasteiger partial charge in [-0.2, -0.15) is 0 Å². The number of aliphatic imine (C=N–C) groups is 1. The Hall–Kier alpha value is -2.30. The van der Waals surface area contributed by atoms with Gasteiger partial charge in [0.25, 0.3) is 0 Å². The number of carbonyl (C=O) groups excluding carboxylic acids is 2. The van der Waals surface area contributed by atoms with Crippen molar-refractivity contribution < 1.29 is 9.59 Å². The largest absolute Gasteiger partial charge is 0.361 e. The van der Waals surface area contributed by atoms with Crippen LogP contribution in [0.15, 0.2) is 35.5 Å². The molecule has 0 spiro atoms. The van der Waals surface area contributed by atoms with E-state index in [9.17, 15) is 9.59 Å². The zero-order valence-corrected chi connectivity index (χ0v) is 16.9. The lowest BCUT2D eigenvalue weighted by atomic mass is 10.1. The summed E-state index contributed by atoms with van der Waals surface area (Å²) in [7, 11) is 1.69. The van der Waals surface area contributed by atoms with Gasteiger partial charge in [0.2, 0.25) is 5.91 Å². The third kappa shape index (κ3) is 4.65. The standard InChI is InChI=1S/C17H22N6O2.HI/c1-18-16(20-8-9-23-15(24)11-22-17(23)25)19-7-6-12-10-21-14-5-3-2-4-13(12)14;/h2-5,10,21H,6-9,11H2,1H3,(H,22,25)(H2,18,19,20);1H. The van der Waals surface area contributed by atoms with Crippen LogP contribution in [-0.4, -0.2) is 61.0 Å². The molecule has 0 atom stereocenters. The Morgan fingerprint density at radius 1 is 1.23 bits per heavy atom. The third-order valence-corrected chi connectivity index (χ3v) is 4.15. The van der Waals surface area contributed by atoms with Crippen LogP contribution in [0.5, 0.6) is 0 Å². The summed E-state index contributed by atoms with van der Waals surface area (Å²) >= 11 is 0. The number of hydrogen-bond donors (Lipinski definition) is 4. The van der Waals surface area contributed by atoms with Gasteiger partial charge in [0.1, 0.15) is 0 Å². The number of benzene rings is 1. The van der Waals surface area contributed by atoms with Crippen molar-refractivity contribution in [2.24, 2.45) is 4.99 Å². The lowest BCUT2D eigenvalue weighted by Crippen LogP contribution is -2.43. The number of aromatic nitrogens is 1. The lowest BCUT2D eigenvalue weighted by molar-refractivity contribution is -0.124. The minimum atomic E-state index is -0.339. The van der Waals surface area contributed by atoms with Gasteiger partial charge in [0, 0.05) is 43.8 Å². The first-order valence-electron chi connectivity index (χ1n) is 8.26. The van der Waals surface area contributed by atoms with Crippen molar-refractivity contribution in [3.05, 3.63) is 36.0 Å². The molecular formula is C17H23IN6O2. The summed E-state index contributed by atoms with van der Waals surface area (Å²) in [6.07, 6.45) is 2.89. The summed E-state index contributed by atoms with van der Waals surface area (Å²) in [5, 5.41) is 10.1. The van der Waals surface area contributed by atoms with Crippen molar-refractivity contribution >= 4 is 52.8 Å². The maximum atomic E-state index is 11.5. The smallest absolute Gasteiger partial charge is 0.324 e. The molecule has 3 rings (SSSR count). The Balaban J connectivity index is 0.00000243. The molecule has 1 saturated heterocycles. The second kappa shape index (κ2) is 9.41. The average molecular weight is 470 g/mol. The Morgan fingerprint density at radius 3 is 2.73 bits per heavy atom. The van der Waals surface area contributed by atoms with E-state index >= 15 is 0 Å². The highest BCUT2D eigenvalue weighted by molar-refractivity contribution is 14.0. The van der Waals surface area contributed by atoms with Gasteiger partial charge in [0.05, 0.1) is 6.54 Å². The van der Waals surface area contributed by atoms with Crippen molar-refractivity contribution in [1.29, 1.82) is 0 Å². The van der Waals surface area contributed by atoms with Crippen LogP contribution in [-0.2, 0) is 11.2 Å². The van der Waals surface area contributed by atoms with Crippen LogP contribution in [0.1, 0.15) is 5.56 Å². The minimum absolute atomic E-state index is 0. The SMILES string of the molecule is CN=C(NCCc1c[nH]c2ccccc12)NCCN1C(=O)CNC1=O.I. The molecule has 0 saturated carbocycles. The fraction of sp³-hybridized carbons (Fsp3) is 0.353. The Labute approximate surface area is 168 Å². The topological polar surface area (TPSA) is 102 Å². The zero-order valence-electron chi connectivity index (χ0n) is 14.5. The lowest BCUT2D eigenvalue weighted by Gasteiger charge is -2.15. The molecule has 4 N–H and O–H groups in total. The van der Waals surface area contributed by atoms with E-state index in [1.807, 2.05) is 18.3 Å². The van der Waals surface area contributed by atoms with Crippen LogP contribution in [0.25, 0.3) is 10.9 Å². The number of imide groups is 1. The number of amides is 3. The maximum absolute atomic E-state index is 11.5. The number of fused-ring (bicyclic) bond motifs is 1. The molecule has 1 aliphatic heterocycles. The Morgan fingerprint density at radius 2 is 2.00 bits per heavy atom. The van der Waals surface area contributed by atoms with Crippen molar-refractivity contribution in [2.75, 3.05) is 33.2 Å². The Bertz CT molecular complexity index is 787. The highest BCUT2D eigenvalue weighted by Gasteiger charge is 2.27. The van der Waals surface area contributed by atoms with Crippen LogP contribution in [0.4, 0.5) is 4.79 Å². The average Bonchev–Trinajstić information content (AvgIpc) is 3.18. The molecule has 3 amide bonds. The van der Waals surface area contributed by atoms with Crippen molar-refractivity contribution in [1.82, 2.24) is 25.8 Å². The van der Waals surface area contributed by atoms with Crippen LogP contribution in [0, 0.1) is 0 Å². The number of nitrogens with zero attached hydrogens (tertiary/aromatic N) is 2. The summed E-state index contributed by atoms with van der Waals surface area (Å²) < 4.78 is 0. The highest BCUT2D eigenvalue weighted by Crippen LogP contribution is 2.17. The third-order valence-electron chi connectivity index (χ3n) is 4.15. The van der Waals surface area contributed by atoms with E-state index in [0.717, 1.165) is 18.5 Å². The van der Waals surface area contributed by atoms with Gasteiger partial charge < -0.3 is 20.9 Å². The normalized spacial score (nSPS) is 14.3. The van der Waals surface area contributed by atoms with Crippen LogP contribution in [0.3, 0.4) is 0 Å². The van der Waals surface area contributed by atoms with Gasteiger partial charge >= 0.3 is 6.03 Å². The molecule has 140 valence electrons. The first-order chi connectivity index (χ1) is 12.2. The number of carbonyl (C=O) groups is 2. The summed E-state index contributed by atoms with van der Waals surface area (Å²) in [6.45, 7) is 1.57. The van der Waals surface area contributed by atoms with Crippen molar-refractivity contribution in [2.45, 2.75) is 6.42 Å². The second-order valence-electron chi connectivity index (χ2n) is 5.74. The summed E-state index contributed by atoms with van der Waals surface area (Å²) in [5.41, 5.74) is 2.38. The Kier molecular flexibility index (Phi) is 7.25. The second-order valence-corrected chi connectivity index (χ2v) is 5.74. The summed E-state index contributed by atoms with van der Waals surface area (Å²) in [5.74, 6) is 0.445. The van der Waals surface area contributed by atoms with Gasteiger partial charge in [-0.1, -0.05) is 18.2 Å². The number of hydrogen-bond acceptors (Lipinski definition) is 3. The summed E-state index contributed by atoms with van der Waals surface area (Å²) in [6, 6.07) is 7.87. The van der Waals surface area contributed by atoms with Gasteiger partial charge in [-0.25, -0.2) is 4.79 Å². The maximum Gasteiger partial charge on any atom is 0.324 e. The molecule has 2 aromatic rings. The van der Waals surface area contributed by atoms with E-state index in [0.29, 0.717) is 19.0 Å². The monoisotopic (exact) mass is 470 g/mol. The molecule has 1 fully saturated rings. The predicted molar refractivity (Wildman–Crippen MR) is 112 cm³/mol. The summed E-state index contributed by atoms with van der Waals surface area (Å²) in [4.78, 5) is 31.6. The van der Waals surface area contributed by atoms with E-state index < -0.39 is 0 Å². The first kappa shape index (κ1) is 20.0. The van der Waals surface area contributed by atoms with Crippen LogP contribution < -0.4 is 16.0 Å². The number of aromatic amines is 1. The van der Waals surface area contributed by atoms with E-state index in [1.54, 1.807) is 7.05 Å². The molecule has 1 aromatic carbocycles. The minimum Gasteiger partial charge on any atom is -0.361 e. The molecule has 8 nitrogen and oxygen atoms in total. The molecular weight excluding hydrogens is 447 g/mol. The molecule has 1 aliphatic rings. The van der Waals surface area contributed by atoms with Gasteiger partial charge in [-0.3, -0.25) is 14.7 Å². The molecule has 0 bridgehead atoms. The number of para-hydroxylation sites is 1. The van der Waals surface area contributed by atoms with E-state index in [2.05, 4.69) is 38.1 Å². The number of nitrogens with one attached hydrogen (secondary N) is 4. The first-order valence-corrected chi connectivity index (χ1v) is 8.26. The molecule has 9 heteroatoms. The highest BCUT2D eigenvalue weighted by atomic mass is 127. The molecule has 2 heterocycles. The van der Waals surface area contributed by atoms with E-state index in [1.165, 1.54) is 15.8 Å². The van der Waals surface area contributed by atoms with Crippen LogP contribution in [0.2, 0.25) is 0 Å². The zero-order chi connectivity index (χ0) is 17.6. The van der Waals surface area contributed by atoms with E-state index in [4.69, 9.17) is 0 Å². The number of halogens is 1. The van der Waals surface area contributed by atoms with Gasteiger partial charge in [0.15, 0.2) is 5.96 Å². The quantitative estimate of drug-likeness (QED) is 0.220. The van der Waals surface area contributed by atoms with E-state index in [-0.39, 0.29) is 42.5 Å². The van der Waals surface area contributed by atoms with Gasteiger partial charge in [-0.15, -0.1) is 24.0 Å². The fourth-order valence-corrected chi connectivity index (χ4v) is 2.84. The predicted octanol–water partition coefficient (Wildman–Crippen LogP) is 1.05. The molecule has 0 radical (unpaired) electrons. The van der Waals surface area contributed by atoms with Gasteiger partial charge in [-0.05, 0) is 18.1 Å². The molecule has 26 heavy (non-hydrogen) atoms.